The lowest BCUT2D eigenvalue weighted by atomic mass is 9.73. The SMILES string of the molecule is ClCCN1C2CCCCC2C2CCCCC21. The third-order valence-electron chi connectivity index (χ3n) is 5.31. The van der Waals surface area contributed by atoms with E-state index in [1.807, 2.05) is 0 Å². The van der Waals surface area contributed by atoms with E-state index < -0.39 is 0 Å². The maximum absolute atomic E-state index is 6.00. The molecule has 3 rings (SSSR count). The Labute approximate surface area is 105 Å². The van der Waals surface area contributed by atoms with Crippen molar-refractivity contribution in [1.29, 1.82) is 0 Å². The summed E-state index contributed by atoms with van der Waals surface area (Å²) in [5.41, 5.74) is 0. The van der Waals surface area contributed by atoms with Crippen LogP contribution in [-0.4, -0.2) is 29.4 Å². The standard InChI is InChI=1S/C14H24ClN/c15-9-10-16-13-7-3-1-5-11(13)12-6-2-4-8-14(12)16/h11-14H,1-10H2. The predicted molar refractivity (Wildman–Crippen MR) is 68.9 cm³/mol. The maximum atomic E-state index is 6.00. The molecule has 3 fully saturated rings. The Bertz CT molecular complexity index is 221. The Morgan fingerprint density at radius 2 is 1.31 bits per heavy atom. The van der Waals surface area contributed by atoms with E-state index in [9.17, 15) is 0 Å². The molecule has 0 aromatic heterocycles. The van der Waals surface area contributed by atoms with Crippen molar-refractivity contribution < 1.29 is 0 Å². The summed E-state index contributed by atoms with van der Waals surface area (Å²) in [6, 6.07) is 1.81. The summed E-state index contributed by atoms with van der Waals surface area (Å²) >= 11 is 6.00. The number of rotatable bonds is 2. The summed E-state index contributed by atoms with van der Waals surface area (Å²) in [4.78, 5) is 2.81. The number of halogens is 1. The smallest absolute Gasteiger partial charge is 0.0351 e. The first kappa shape index (κ1) is 11.3. The summed E-state index contributed by atoms with van der Waals surface area (Å²) < 4.78 is 0. The second kappa shape index (κ2) is 4.86. The van der Waals surface area contributed by atoms with Crippen LogP contribution in [0.2, 0.25) is 0 Å². The Hall–Kier alpha value is 0.250. The van der Waals surface area contributed by atoms with E-state index in [4.69, 9.17) is 11.6 Å². The molecule has 1 aliphatic heterocycles. The molecule has 1 saturated heterocycles. The average molecular weight is 242 g/mol. The van der Waals surface area contributed by atoms with Gasteiger partial charge in [0.05, 0.1) is 0 Å². The quantitative estimate of drug-likeness (QED) is 0.667. The Kier molecular flexibility index (Phi) is 3.44. The van der Waals surface area contributed by atoms with Crippen molar-refractivity contribution in [2.24, 2.45) is 11.8 Å². The first-order valence-corrected chi connectivity index (χ1v) is 7.77. The summed E-state index contributed by atoms with van der Waals surface area (Å²) in [6.45, 7) is 1.14. The average Bonchev–Trinajstić information content (AvgIpc) is 2.66. The van der Waals surface area contributed by atoms with Gasteiger partial charge in [-0.25, -0.2) is 0 Å². The number of likely N-dealkylation sites (tertiary alicyclic amines) is 1. The topological polar surface area (TPSA) is 3.24 Å². The fraction of sp³-hybridized carbons (Fsp3) is 1.00. The summed E-state index contributed by atoms with van der Waals surface area (Å²) in [6.07, 6.45) is 11.8. The molecule has 0 aromatic rings. The molecule has 3 aliphatic rings. The van der Waals surface area contributed by atoms with E-state index in [0.717, 1.165) is 36.3 Å². The first-order valence-electron chi connectivity index (χ1n) is 7.23. The summed E-state index contributed by atoms with van der Waals surface area (Å²) in [5.74, 6) is 2.89. The van der Waals surface area contributed by atoms with Gasteiger partial charge >= 0.3 is 0 Å². The van der Waals surface area contributed by atoms with Crippen LogP contribution in [0, 0.1) is 11.8 Å². The summed E-state index contributed by atoms with van der Waals surface area (Å²) in [7, 11) is 0. The van der Waals surface area contributed by atoms with Crippen LogP contribution in [0.5, 0.6) is 0 Å². The van der Waals surface area contributed by atoms with Crippen LogP contribution in [0.15, 0.2) is 0 Å². The van der Waals surface area contributed by atoms with Crippen LogP contribution in [0.4, 0.5) is 0 Å². The molecule has 0 amide bonds. The van der Waals surface area contributed by atoms with Gasteiger partial charge < -0.3 is 0 Å². The number of fused-ring (bicyclic) bond motifs is 3. The number of hydrogen-bond acceptors (Lipinski definition) is 1. The molecule has 0 N–H and O–H groups in total. The van der Waals surface area contributed by atoms with E-state index in [0.29, 0.717) is 0 Å². The Morgan fingerprint density at radius 3 is 1.81 bits per heavy atom. The molecule has 0 bridgehead atoms. The van der Waals surface area contributed by atoms with Gasteiger partial charge in [0.15, 0.2) is 0 Å². The van der Waals surface area contributed by atoms with Gasteiger partial charge in [0.25, 0.3) is 0 Å². The van der Waals surface area contributed by atoms with Crippen LogP contribution >= 0.6 is 11.6 Å². The number of hydrogen-bond donors (Lipinski definition) is 0. The van der Waals surface area contributed by atoms with Gasteiger partial charge in [0, 0.05) is 24.5 Å². The predicted octanol–water partition coefficient (Wildman–Crippen LogP) is 3.66. The highest BCUT2D eigenvalue weighted by Crippen LogP contribution is 2.48. The maximum Gasteiger partial charge on any atom is 0.0351 e. The minimum Gasteiger partial charge on any atom is -0.296 e. The summed E-state index contributed by atoms with van der Waals surface area (Å²) in [5, 5.41) is 0. The van der Waals surface area contributed by atoms with Gasteiger partial charge in [-0.05, 0) is 37.5 Å². The van der Waals surface area contributed by atoms with Crippen molar-refractivity contribution >= 4 is 11.6 Å². The minimum atomic E-state index is 0.826. The molecule has 0 aromatic carbocycles. The van der Waals surface area contributed by atoms with Crippen LogP contribution in [0.3, 0.4) is 0 Å². The van der Waals surface area contributed by atoms with Crippen molar-refractivity contribution in [3.05, 3.63) is 0 Å². The molecule has 4 atom stereocenters. The minimum absolute atomic E-state index is 0.826. The van der Waals surface area contributed by atoms with E-state index in [-0.39, 0.29) is 0 Å². The normalized spacial score (nSPS) is 44.1. The lowest BCUT2D eigenvalue weighted by Gasteiger charge is -2.33. The molecule has 92 valence electrons. The number of nitrogens with zero attached hydrogens (tertiary/aromatic N) is 1. The van der Waals surface area contributed by atoms with Crippen molar-refractivity contribution in [3.8, 4) is 0 Å². The molecule has 2 aliphatic carbocycles. The van der Waals surface area contributed by atoms with Gasteiger partial charge in [-0.2, -0.15) is 0 Å². The zero-order valence-corrected chi connectivity index (χ0v) is 11.0. The lowest BCUT2D eigenvalue weighted by molar-refractivity contribution is 0.148. The van der Waals surface area contributed by atoms with Gasteiger partial charge in [-0.1, -0.05) is 25.7 Å². The molecule has 0 radical (unpaired) electrons. The fourth-order valence-corrected chi connectivity index (χ4v) is 4.97. The third kappa shape index (κ3) is 1.80. The lowest BCUT2D eigenvalue weighted by Crippen LogP contribution is -2.40. The van der Waals surface area contributed by atoms with Crippen molar-refractivity contribution in [3.63, 3.8) is 0 Å². The van der Waals surface area contributed by atoms with Gasteiger partial charge in [-0.3, -0.25) is 4.90 Å². The molecule has 16 heavy (non-hydrogen) atoms. The second-order valence-corrected chi connectivity index (χ2v) is 6.34. The van der Waals surface area contributed by atoms with Crippen LogP contribution in [0.1, 0.15) is 51.4 Å². The molecule has 4 unspecified atom stereocenters. The molecule has 1 heterocycles. The van der Waals surface area contributed by atoms with Crippen molar-refractivity contribution in [2.75, 3.05) is 12.4 Å². The second-order valence-electron chi connectivity index (χ2n) is 5.96. The van der Waals surface area contributed by atoms with Crippen molar-refractivity contribution in [1.82, 2.24) is 4.90 Å². The molecular formula is C14H24ClN. The van der Waals surface area contributed by atoms with E-state index in [1.54, 1.807) is 0 Å². The third-order valence-corrected chi connectivity index (χ3v) is 5.48. The number of alkyl halides is 1. The van der Waals surface area contributed by atoms with Gasteiger partial charge in [-0.15, -0.1) is 11.6 Å². The monoisotopic (exact) mass is 241 g/mol. The molecule has 2 heteroatoms. The van der Waals surface area contributed by atoms with E-state index in [2.05, 4.69) is 4.90 Å². The Balaban J connectivity index is 1.80. The zero-order chi connectivity index (χ0) is 11.0. The van der Waals surface area contributed by atoms with Gasteiger partial charge in [0.2, 0.25) is 0 Å². The van der Waals surface area contributed by atoms with Gasteiger partial charge in [0.1, 0.15) is 0 Å². The first-order chi connectivity index (χ1) is 7.92. The van der Waals surface area contributed by atoms with Crippen LogP contribution in [0.25, 0.3) is 0 Å². The highest BCUT2D eigenvalue weighted by atomic mass is 35.5. The van der Waals surface area contributed by atoms with E-state index >= 15 is 0 Å². The van der Waals surface area contributed by atoms with E-state index in [1.165, 1.54) is 51.4 Å². The highest BCUT2D eigenvalue weighted by molar-refractivity contribution is 6.18. The van der Waals surface area contributed by atoms with Crippen molar-refractivity contribution in [2.45, 2.75) is 63.5 Å². The Morgan fingerprint density at radius 1 is 0.812 bits per heavy atom. The molecule has 0 spiro atoms. The fourth-order valence-electron chi connectivity index (χ4n) is 4.78. The molecular weight excluding hydrogens is 218 g/mol. The molecule has 2 saturated carbocycles. The molecule has 1 nitrogen and oxygen atoms in total. The highest BCUT2D eigenvalue weighted by Gasteiger charge is 2.48. The van der Waals surface area contributed by atoms with Crippen LogP contribution in [-0.2, 0) is 0 Å². The largest absolute Gasteiger partial charge is 0.296 e. The zero-order valence-electron chi connectivity index (χ0n) is 10.2. The van der Waals surface area contributed by atoms with Crippen LogP contribution < -0.4 is 0 Å².